The van der Waals surface area contributed by atoms with Gasteiger partial charge in [-0.05, 0) is 76.0 Å². The van der Waals surface area contributed by atoms with E-state index in [0.717, 1.165) is 17.6 Å². The summed E-state index contributed by atoms with van der Waals surface area (Å²) < 4.78 is 59.9. The van der Waals surface area contributed by atoms with Gasteiger partial charge in [0.1, 0.15) is 5.82 Å². The van der Waals surface area contributed by atoms with Gasteiger partial charge in [0.25, 0.3) is 0 Å². The lowest BCUT2D eigenvalue weighted by Gasteiger charge is -2.27. The van der Waals surface area contributed by atoms with Crippen molar-refractivity contribution in [3.8, 4) is 5.75 Å². The highest BCUT2D eigenvalue weighted by Gasteiger charge is 2.31. The van der Waals surface area contributed by atoms with Gasteiger partial charge in [-0.15, -0.1) is 0 Å². The van der Waals surface area contributed by atoms with E-state index in [1.165, 1.54) is 18.2 Å². The number of likely N-dealkylation sites (N-methyl/N-ethyl adjacent to an activating group) is 1. The quantitative estimate of drug-likeness (QED) is 0.262. The van der Waals surface area contributed by atoms with E-state index in [0.29, 0.717) is 35.7 Å². The molecule has 0 atom stereocenters. The van der Waals surface area contributed by atoms with Gasteiger partial charge in [0.15, 0.2) is 32.8 Å². The minimum Gasteiger partial charge on any atom is -0.477 e. The molecule has 0 spiro atoms. The van der Waals surface area contributed by atoms with Crippen LogP contribution in [0.3, 0.4) is 0 Å². The molecular weight excluding hydrogens is 550 g/mol. The molecule has 41 heavy (non-hydrogen) atoms. The number of imidazole rings is 1. The van der Waals surface area contributed by atoms with Gasteiger partial charge in [-0.25, -0.2) is 22.2 Å². The number of sulfone groups is 1. The number of amides is 1. The number of nitrogens with zero attached hydrogens (tertiary/aromatic N) is 3. The van der Waals surface area contributed by atoms with Crippen LogP contribution >= 0.6 is 0 Å². The van der Waals surface area contributed by atoms with Crippen molar-refractivity contribution in [2.45, 2.75) is 44.2 Å². The molecule has 0 saturated carbocycles. The molecule has 8 nitrogen and oxygen atoms in total. The average molecular weight is 585 g/mol. The number of ether oxygens (including phenoxy) is 1. The van der Waals surface area contributed by atoms with E-state index in [-0.39, 0.29) is 28.7 Å². The number of carbonyl (C=O) groups is 1. The topological polar surface area (TPSA) is 93.5 Å². The molecule has 1 N–H and O–H groups in total. The van der Waals surface area contributed by atoms with Gasteiger partial charge in [-0.1, -0.05) is 19.1 Å². The minimum atomic E-state index is -3.31. The van der Waals surface area contributed by atoms with Crippen LogP contribution in [0, 0.1) is 11.6 Å². The Hall–Kier alpha value is -3.83. The van der Waals surface area contributed by atoms with E-state index in [4.69, 9.17) is 9.72 Å². The van der Waals surface area contributed by atoms with E-state index in [2.05, 4.69) is 5.32 Å². The van der Waals surface area contributed by atoms with Crippen LogP contribution in [0.25, 0.3) is 11.0 Å². The number of nitrogens with one attached hydrogen (secondary N) is 1. The molecule has 4 rings (SSSR count). The maximum Gasteiger partial charge on any atom is 0.228 e. The molecule has 1 aromatic heterocycles. The third-order valence-electron chi connectivity index (χ3n) is 6.63. The Balaban J connectivity index is 1.59. The lowest BCUT2D eigenvalue weighted by molar-refractivity contribution is -0.115. The molecule has 0 saturated heterocycles. The van der Waals surface area contributed by atoms with Crippen molar-refractivity contribution < 1.29 is 26.7 Å². The van der Waals surface area contributed by atoms with E-state index < -0.39 is 27.1 Å². The Bertz CT molecular complexity index is 1670. The van der Waals surface area contributed by atoms with Gasteiger partial charge in [0, 0.05) is 24.8 Å². The molecule has 0 unspecified atom stereocenters. The van der Waals surface area contributed by atoms with Crippen molar-refractivity contribution in [1.82, 2.24) is 14.5 Å². The number of carbonyl (C=O) groups excluding carboxylic acids is 1. The number of hydrogen-bond donors (Lipinski definition) is 1. The number of benzene rings is 3. The lowest BCUT2D eigenvalue weighted by Crippen LogP contribution is -2.31. The van der Waals surface area contributed by atoms with Crippen LogP contribution in [0.2, 0.25) is 0 Å². The van der Waals surface area contributed by atoms with E-state index >= 15 is 0 Å². The van der Waals surface area contributed by atoms with Crippen LogP contribution in [0.5, 0.6) is 5.75 Å². The zero-order valence-electron chi connectivity index (χ0n) is 23.7. The molecular formula is C30H34F2N4O4S. The number of hydrogen-bond acceptors (Lipinski definition) is 6. The first kappa shape index (κ1) is 30.1. The summed E-state index contributed by atoms with van der Waals surface area (Å²) in [6.45, 7) is 6.40. The lowest BCUT2D eigenvalue weighted by atomic mass is 10.1. The van der Waals surface area contributed by atoms with Crippen LogP contribution in [0.1, 0.15) is 32.2 Å². The number of anilines is 1. The van der Waals surface area contributed by atoms with Gasteiger partial charge in [-0.2, -0.15) is 0 Å². The monoisotopic (exact) mass is 584 g/mol. The molecule has 4 aromatic rings. The molecule has 0 aliphatic rings. The first-order valence-electron chi connectivity index (χ1n) is 13.2. The van der Waals surface area contributed by atoms with E-state index in [1.54, 1.807) is 45.0 Å². The zero-order chi connectivity index (χ0) is 29.9. The number of rotatable bonds is 11. The fraction of sp³-hybridized carbons (Fsp3) is 0.333. The second-order valence-corrected chi connectivity index (χ2v) is 12.8. The number of aromatic nitrogens is 2. The molecule has 0 bridgehead atoms. The van der Waals surface area contributed by atoms with Gasteiger partial charge in [0.2, 0.25) is 5.91 Å². The predicted octanol–water partition coefficient (Wildman–Crippen LogP) is 5.17. The fourth-order valence-electron chi connectivity index (χ4n) is 4.44. The van der Waals surface area contributed by atoms with Crippen molar-refractivity contribution in [3.63, 3.8) is 0 Å². The Morgan fingerprint density at radius 1 is 1.05 bits per heavy atom. The van der Waals surface area contributed by atoms with Gasteiger partial charge < -0.3 is 19.5 Å². The van der Waals surface area contributed by atoms with Crippen molar-refractivity contribution in [2.24, 2.45) is 0 Å². The summed E-state index contributed by atoms with van der Waals surface area (Å²) >= 11 is 0. The SMILES string of the molecule is CCS(=O)(=O)c1ccc(CC(=O)Nc2ccc3c(c2)nc(C(C)(C)Oc2ccc(F)cc2F)n3CCN(C)C)cc1. The third kappa shape index (κ3) is 7.09. The maximum absolute atomic E-state index is 14.4. The normalized spacial score (nSPS) is 12.2. The molecule has 1 heterocycles. The summed E-state index contributed by atoms with van der Waals surface area (Å²) in [6.07, 6.45) is 0.0666. The van der Waals surface area contributed by atoms with Crippen LogP contribution in [0.4, 0.5) is 14.5 Å². The molecule has 11 heteroatoms. The Morgan fingerprint density at radius 3 is 2.39 bits per heavy atom. The molecule has 0 aliphatic carbocycles. The van der Waals surface area contributed by atoms with Crippen LogP contribution in [0.15, 0.2) is 65.6 Å². The summed E-state index contributed by atoms with van der Waals surface area (Å²) in [5, 5.41) is 2.88. The second kappa shape index (κ2) is 12.0. The third-order valence-corrected chi connectivity index (χ3v) is 8.38. The first-order valence-corrected chi connectivity index (χ1v) is 14.9. The maximum atomic E-state index is 14.4. The van der Waals surface area contributed by atoms with Gasteiger partial charge >= 0.3 is 0 Å². The van der Waals surface area contributed by atoms with Crippen LogP contribution < -0.4 is 10.1 Å². The molecule has 3 aromatic carbocycles. The fourth-order valence-corrected chi connectivity index (χ4v) is 5.33. The predicted molar refractivity (Wildman–Crippen MR) is 155 cm³/mol. The summed E-state index contributed by atoms with van der Waals surface area (Å²) in [4.78, 5) is 19.9. The molecule has 0 fully saturated rings. The van der Waals surface area contributed by atoms with Crippen molar-refractivity contribution in [1.29, 1.82) is 0 Å². The van der Waals surface area contributed by atoms with Crippen molar-refractivity contribution in [2.75, 3.05) is 31.7 Å². The van der Waals surface area contributed by atoms with Crippen molar-refractivity contribution >= 4 is 32.5 Å². The smallest absolute Gasteiger partial charge is 0.228 e. The highest BCUT2D eigenvalue weighted by Crippen LogP contribution is 2.32. The number of fused-ring (bicyclic) bond motifs is 1. The van der Waals surface area contributed by atoms with Crippen LogP contribution in [-0.2, 0) is 33.2 Å². The first-order chi connectivity index (χ1) is 19.3. The summed E-state index contributed by atoms with van der Waals surface area (Å²) in [7, 11) is 0.603. The highest BCUT2D eigenvalue weighted by molar-refractivity contribution is 7.91. The van der Waals surface area contributed by atoms with E-state index in [1.807, 2.05) is 29.6 Å². The Morgan fingerprint density at radius 2 is 1.76 bits per heavy atom. The van der Waals surface area contributed by atoms with Crippen LogP contribution in [-0.4, -0.2) is 55.2 Å². The molecule has 218 valence electrons. The Kier molecular flexibility index (Phi) is 8.79. The second-order valence-electron chi connectivity index (χ2n) is 10.6. The molecule has 0 aliphatic heterocycles. The average Bonchev–Trinajstić information content (AvgIpc) is 3.28. The minimum absolute atomic E-state index is 0.00830. The molecule has 1 amide bonds. The van der Waals surface area contributed by atoms with Gasteiger partial charge in [-0.3, -0.25) is 4.79 Å². The van der Waals surface area contributed by atoms with E-state index in [9.17, 15) is 22.0 Å². The summed E-state index contributed by atoms with van der Waals surface area (Å²) in [5.74, 6) is -1.30. The van der Waals surface area contributed by atoms with Gasteiger partial charge in [0.05, 0.1) is 28.1 Å². The zero-order valence-corrected chi connectivity index (χ0v) is 24.6. The Labute approximate surface area is 238 Å². The largest absolute Gasteiger partial charge is 0.477 e. The summed E-state index contributed by atoms with van der Waals surface area (Å²) in [6, 6.07) is 14.9. The standard InChI is InChI=1S/C30H34F2N4O4S/c1-6-41(38,39)23-11-7-20(8-12-23)17-28(37)33-22-10-13-26-25(19-22)34-29(36(26)16-15-35(4)5)30(2,3)40-27-14-9-21(31)18-24(27)32/h7-14,18-19H,6,15-17H2,1-5H3,(H,33,37). The number of halogens is 2. The van der Waals surface area contributed by atoms with Crippen molar-refractivity contribution in [3.05, 3.63) is 83.7 Å². The highest BCUT2D eigenvalue weighted by atomic mass is 32.2. The molecule has 0 radical (unpaired) electrons. The summed E-state index contributed by atoms with van der Waals surface area (Å²) in [5.41, 5.74) is 1.57.